The van der Waals surface area contributed by atoms with Crippen LogP contribution in [0.25, 0.3) is 0 Å². The van der Waals surface area contributed by atoms with E-state index in [-0.39, 0.29) is 24.2 Å². The van der Waals surface area contributed by atoms with E-state index in [2.05, 4.69) is 15.6 Å². The van der Waals surface area contributed by atoms with Gasteiger partial charge in [-0.3, -0.25) is 9.59 Å². The molecule has 1 unspecified atom stereocenters. The second-order valence-electron chi connectivity index (χ2n) is 7.46. The van der Waals surface area contributed by atoms with Gasteiger partial charge in [0.15, 0.2) is 0 Å². The molecule has 33 heavy (non-hydrogen) atoms. The van der Waals surface area contributed by atoms with Gasteiger partial charge in [0.2, 0.25) is 11.8 Å². The Kier molecular flexibility index (Phi) is 8.83. The molecule has 0 spiro atoms. The van der Waals surface area contributed by atoms with Crippen molar-refractivity contribution >= 4 is 23.6 Å². The standard InChI is InChI=1S/C25H26FN3O3S/c1-17-4-3-5-19(14-17)24(30)29-22(12-13-33-2)25(31)28-16-18-6-11-23(27-15-18)32-21-9-7-20(26)8-10-21/h3-11,14-15,22H,12-13,16H2,1-2H3,(H,28,31)(H,29,30). The first kappa shape index (κ1) is 24.3. The van der Waals surface area contributed by atoms with Crippen LogP contribution < -0.4 is 15.4 Å². The van der Waals surface area contributed by atoms with E-state index in [9.17, 15) is 14.0 Å². The molecule has 8 heteroatoms. The van der Waals surface area contributed by atoms with Crippen molar-refractivity contribution in [2.45, 2.75) is 25.9 Å². The van der Waals surface area contributed by atoms with Crippen molar-refractivity contribution in [1.82, 2.24) is 15.6 Å². The number of halogens is 1. The maximum Gasteiger partial charge on any atom is 0.251 e. The van der Waals surface area contributed by atoms with Gasteiger partial charge in [0, 0.05) is 24.4 Å². The first-order valence-corrected chi connectivity index (χ1v) is 11.9. The number of thioether (sulfide) groups is 1. The number of nitrogens with one attached hydrogen (secondary N) is 2. The van der Waals surface area contributed by atoms with Crippen LogP contribution in [0.4, 0.5) is 4.39 Å². The lowest BCUT2D eigenvalue weighted by Crippen LogP contribution is -2.46. The summed E-state index contributed by atoms with van der Waals surface area (Å²) in [4.78, 5) is 29.6. The minimum Gasteiger partial charge on any atom is -0.439 e. The molecular formula is C25H26FN3O3S. The molecule has 0 bridgehead atoms. The van der Waals surface area contributed by atoms with E-state index in [0.29, 0.717) is 23.6 Å². The fourth-order valence-corrected chi connectivity index (χ4v) is 3.52. The summed E-state index contributed by atoms with van der Waals surface area (Å²) in [5.41, 5.74) is 2.29. The molecule has 0 saturated carbocycles. The van der Waals surface area contributed by atoms with Crippen molar-refractivity contribution in [2.75, 3.05) is 12.0 Å². The third-order valence-electron chi connectivity index (χ3n) is 4.81. The maximum absolute atomic E-state index is 13.0. The number of hydrogen-bond acceptors (Lipinski definition) is 5. The van der Waals surface area contributed by atoms with Gasteiger partial charge in [0.25, 0.3) is 5.91 Å². The zero-order valence-corrected chi connectivity index (χ0v) is 19.3. The summed E-state index contributed by atoms with van der Waals surface area (Å²) in [7, 11) is 0. The van der Waals surface area contributed by atoms with Crippen LogP contribution in [-0.4, -0.2) is 34.8 Å². The van der Waals surface area contributed by atoms with Gasteiger partial charge in [-0.25, -0.2) is 9.37 Å². The topological polar surface area (TPSA) is 80.3 Å². The van der Waals surface area contributed by atoms with E-state index in [0.717, 1.165) is 16.9 Å². The zero-order valence-electron chi connectivity index (χ0n) is 18.5. The van der Waals surface area contributed by atoms with Gasteiger partial charge in [-0.15, -0.1) is 0 Å². The van der Waals surface area contributed by atoms with Crippen LogP contribution in [0.5, 0.6) is 11.6 Å². The number of carbonyl (C=O) groups is 2. The Labute approximate surface area is 197 Å². The lowest BCUT2D eigenvalue weighted by Gasteiger charge is -2.18. The van der Waals surface area contributed by atoms with Crippen molar-refractivity contribution in [1.29, 1.82) is 0 Å². The summed E-state index contributed by atoms with van der Waals surface area (Å²) in [6.45, 7) is 2.18. The number of aromatic nitrogens is 1. The van der Waals surface area contributed by atoms with E-state index >= 15 is 0 Å². The molecule has 1 atom stereocenters. The van der Waals surface area contributed by atoms with Gasteiger partial charge in [0.05, 0.1) is 0 Å². The third-order valence-corrected chi connectivity index (χ3v) is 5.46. The van der Waals surface area contributed by atoms with Gasteiger partial charge < -0.3 is 15.4 Å². The average molecular weight is 468 g/mol. The molecule has 0 aliphatic heterocycles. The molecule has 2 amide bonds. The molecule has 0 aliphatic rings. The van der Waals surface area contributed by atoms with Gasteiger partial charge in [0.1, 0.15) is 17.6 Å². The molecule has 0 saturated heterocycles. The predicted molar refractivity (Wildman–Crippen MR) is 128 cm³/mol. The largest absolute Gasteiger partial charge is 0.439 e. The molecule has 172 valence electrons. The summed E-state index contributed by atoms with van der Waals surface area (Å²) in [6.07, 6.45) is 4.08. The molecular weight excluding hydrogens is 441 g/mol. The van der Waals surface area contributed by atoms with Crippen molar-refractivity contribution in [3.63, 3.8) is 0 Å². The number of hydrogen-bond donors (Lipinski definition) is 2. The quantitative estimate of drug-likeness (QED) is 0.459. The summed E-state index contributed by atoms with van der Waals surface area (Å²) < 4.78 is 18.6. The first-order valence-electron chi connectivity index (χ1n) is 10.5. The lowest BCUT2D eigenvalue weighted by molar-refractivity contribution is -0.123. The molecule has 3 rings (SSSR count). The van der Waals surface area contributed by atoms with E-state index < -0.39 is 6.04 Å². The van der Waals surface area contributed by atoms with Gasteiger partial charge in [-0.1, -0.05) is 23.8 Å². The molecule has 0 aliphatic carbocycles. The molecule has 2 aromatic carbocycles. The monoisotopic (exact) mass is 467 g/mol. The molecule has 0 fully saturated rings. The number of ether oxygens (including phenoxy) is 1. The van der Waals surface area contributed by atoms with Gasteiger partial charge in [-0.2, -0.15) is 11.8 Å². The van der Waals surface area contributed by atoms with Gasteiger partial charge in [-0.05, 0) is 67.3 Å². The van der Waals surface area contributed by atoms with Gasteiger partial charge >= 0.3 is 0 Å². The molecule has 2 N–H and O–H groups in total. The second kappa shape index (κ2) is 12.0. The third kappa shape index (κ3) is 7.61. The number of aryl methyl sites for hydroxylation is 1. The SMILES string of the molecule is CSCCC(NC(=O)c1cccc(C)c1)C(=O)NCc1ccc(Oc2ccc(F)cc2)nc1. The van der Waals surface area contributed by atoms with Crippen molar-refractivity contribution in [2.24, 2.45) is 0 Å². The molecule has 3 aromatic rings. The summed E-state index contributed by atoms with van der Waals surface area (Å²) >= 11 is 1.61. The highest BCUT2D eigenvalue weighted by Crippen LogP contribution is 2.19. The molecule has 1 aromatic heterocycles. The first-order chi connectivity index (χ1) is 15.9. The Morgan fingerprint density at radius 1 is 1.12 bits per heavy atom. The fraction of sp³-hybridized carbons (Fsp3) is 0.240. The number of rotatable bonds is 10. The lowest BCUT2D eigenvalue weighted by atomic mass is 10.1. The highest BCUT2D eigenvalue weighted by Gasteiger charge is 2.21. The minimum absolute atomic E-state index is 0.253. The van der Waals surface area contributed by atoms with E-state index in [1.54, 1.807) is 42.2 Å². The fourth-order valence-electron chi connectivity index (χ4n) is 3.04. The summed E-state index contributed by atoms with van der Waals surface area (Å²) in [5, 5.41) is 5.71. The Balaban J connectivity index is 1.56. The average Bonchev–Trinajstić information content (AvgIpc) is 2.82. The number of nitrogens with zero attached hydrogens (tertiary/aromatic N) is 1. The van der Waals surface area contributed by atoms with Crippen LogP contribution in [-0.2, 0) is 11.3 Å². The normalized spacial score (nSPS) is 11.5. The molecule has 1 heterocycles. The summed E-state index contributed by atoms with van der Waals surface area (Å²) in [6, 6.07) is 15.7. The Morgan fingerprint density at radius 2 is 1.91 bits per heavy atom. The number of pyridine rings is 1. The van der Waals surface area contributed by atoms with Crippen LogP contribution in [0.3, 0.4) is 0 Å². The molecule has 0 radical (unpaired) electrons. The van der Waals surface area contributed by atoms with E-state index in [4.69, 9.17) is 4.74 Å². The zero-order chi connectivity index (χ0) is 23.6. The summed E-state index contributed by atoms with van der Waals surface area (Å²) in [5.74, 6) is 0.710. The second-order valence-corrected chi connectivity index (χ2v) is 8.44. The van der Waals surface area contributed by atoms with Crippen LogP contribution >= 0.6 is 11.8 Å². The smallest absolute Gasteiger partial charge is 0.251 e. The van der Waals surface area contributed by atoms with Crippen LogP contribution in [0, 0.1) is 12.7 Å². The molecule has 6 nitrogen and oxygen atoms in total. The van der Waals surface area contributed by atoms with E-state index in [1.807, 2.05) is 25.3 Å². The predicted octanol–water partition coefficient (Wildman–Crippen LogP) is 4.49. The van der Waals surface area contributed by atoms with Crippen molar-refractivity contribution < 1.29 is 18.7 Å². The van der Waals surface area contributed by atoms with Crippen LogP contribution in [0.2, 0.25) is 0 Å². The van der Waals surface area contributed by atoms with Crippen molar-refractivity contribution in [3.8, 4) is 11.6 Å². The Bertz CT molecular complexity index is 1080. The van der Waals surface area contributed by atoms with Crippen LogP contribution in [0.15, 0.2) is 66.9 Å². The minimum atomic E-state index is -0.639. The highest BCUT2D eigenvalue weighted by atomic mass is 32.2. The number of carbonyl (C=O) groups excluding carboxylic acids is 2. The maximum atomic E-state index is 13.0. The Morgan fingerprint density at radius 3 is 2.58 bits per heavy atom. The number of benzene rings is 2. The van der Waals surface area contributed by atoms with Crippen LogP contribution in [0.1, 0.15) is 27.9 Å². The number of amides is 2. The Hall–Kier alpha value is -3.39. The van der Waals surface area contributed by atoms with E-state index in [1.165, 1.54) is 24.3 Å². The highest BCUT2D eigenvalue weighted by molar-refractivity contribution is 7.98. The van der Waals surface area contributed by atoms with Crippen molar-refractivity contribution in [3.05, 3.63) is 89.4 Å².